The Hall–Kier alpha value is -1.22. The highest BCUT2D eigenvalue weighted by Crippen LogP contribution is 2.05. The van der Waals surface area contributed by atoms with Gasteiger partial charge in [0.25, 0.3) is 0 Å². The summed E-state index contributed by atoms with van der Waals surface area (Å²) >= 11 is 0. The molecule has 0 aliphatic carbocycles. The van der Waals surface area contributed by atoms with E-state index in [1.54, 1.807) is 24.4 Å². The third-order valence-corrected chi connectivity index (χ3v) is 1.24. The average Bonchev–Trinajstić information content (AvgIpc) is 2.03. The minimum atomic E-state index is -0.322. The lowest BCUT2D eigenvalue weighted by molar-refractivity contribution is 0.618. The molecule has 1 rings (SSSR count). The van der Waals surface area contributed by atoms with Gasteiger partial charge < -0.3 is 5.73 Å². The molecule has 0 spiro atoms. The summed E-state index contributed by atoms with van der Waals surface area (Å²) in [5.41, 5.74) is 5.72. The summed E-state index contributed by atoms with van der Waals surface area (Å²) in [7, 11) is 0. The first-order valence-electron chi connectivity index (χ1n) is 3.30. The molecule has 2 N–H and O–H groups in total. The van der Waals surface area contributed by atoms with Gasteiger partial charge in [0, 0.05) is 18.3 Å². The minimum absolute atomic E-state index is 0.322. The summed E-state index contributed by atoms with van der Waals surface area (Å²) in [6.45, 7) is 0.418. The second-order valence-corrected chi connectivity index (χ2v) is 2.04. The molecule has 11 heavy (non-hydrogen) atoms. The molecule has 58 valence electrons. The second kappa shape index (κ2) is 3.83. The van der Waals surface area contributed by atoms with Crippen LogP contribution >= 0.6 is 0 Å². The molecule has 0 saturated heterocycles. The maximum absolute atomic E-state index is 12.8. The van der Waals surface area contributed by atoms with Crippen LogP contribution in [0.4, 0.5) is 4.39 Å². The maximum Gasteiger partial charge on any atom is 0.148 e. The molecule has 1 heterocycles. The van der Waals surface area contributed by atoms with Gasteiger partial charge in [-0.3, -0.25) is 4.98 Å². The van der Waals surface area contributed by atoms with E-state index >= 15 is 0 Å². The van der Waals surface area contributed by atoms with Crippen LogP contribution in [0.25, 0.3) is 6.08 Å². The van der Waals surface area contributed by atoms with Crippen LogP contribution in [0.5, 0.6) is 0 Å². The number of nitrogens with two attached hydrogens (primary N) is 1. The first kappa shape index (κ1) is 7.88. The summed E-state index contributed by atoms with van der Waals surface area (Å²) in [5.74, 6) is -0.322. The average molecular weight is 152 g/mol. The van der Waals surface area contributed by atoms with Gasteiger partial charge in [0.1, 0.15) is 5.82 Å². The second-order valence-electron chi connectivity index (χ2n) is 2.04. The number of rotatable bonds is 2. The van der Waals surface area contributed by atoms with Crippen molar-refractivity contribution in [3.05, 3.63) is 35.9 Å². The zero-order chi connectivity index (χ0) is 8.10. The molecule has 0 fully saturated rings. The summed E-state index contributed by atoms with van der Waals surface area (Å²) in [4.78, 5) is 3.61. The smallest absolute Gasteiger partial charge is 0.148 e. The Morgan fingerprint density at radius 2 is 2.45 bits per heavy atom. The Bertz CT molecular complexity index is 258. The van der Waals surface area contributed by atoms with Gasteiger partial charge in [-0.2, -0.15) is 0 Å². The molecule has 0 saturated carbocycles. The van der Waals surface area contributed by atoms with Crippen LogP contribution < -0.4 is 5.73 Å². The van der Waals surface area contributed by atoms with Crippen molar-refractivity contribution >= 4 is 6.08 Å². The molecular weight excluding hydrogens is 143 g/mol. The van der Waals surface area contributed by atoms with Crippen LogP contribution in [0.2, 0.25) is 0 Å². The van der Waals surface area contributed by atoms with E-state index < -0.39 is 0 Å². The lowest BCUT2D eigenvalue weighted by Gasteiger charge is -1.92. The van der Waals surface area contributed by atoms with Crippen LogP contribution in [0.1, 0.15) is 5.56 Å². The summed E-state index contributed by atoms with van der Waals surface area (Å²) in [6, 6.07) is 1.60. The molecule has 2 nitrogen and oxygen atoms in total. The van der Waals surface area contributed by atoms with Gasteiger partial charge in [-0.05, 0) is 6.07 Å². The quantitative estimate of drug-likeness (QED) is 0.691. The fourth-order valence-electron chi connectivity index (χ4n) is 0.716. The first-order valence-corrected chi connectivity index (χ1v) is 3.30. The van der Waals surface area contributed by atoms with Crippen molar-refractivity contribution in [2.45, 2.75) is 0 Å². The molecule has 0 bridgehead atoms. The standard InChI is InChI=1S/C8H9FN2/c9-8-6-11-5-3-7(8)2-1-4-10/h1-3,5-6H,4,10H2. The summed E-state index contributed by atoms with van der Waals surface area (Å²) in [5, 5.41) is 0. The molecule has 0 atom stereocenters. The number of halogens is 1. The lowest BCUT2D eigenvalue weighted by atomic mass is 10.2. The van der Waals surface area contributed by atoms with Crippen molar-refractivity contribution in [3.8, 4) is 0 Å². The van der Waals surface area contributed by atoms with Gasteiger partial charge in [0.15, 0.2) is 0 Å². The third-order valence-electron chi connectivity index (χ3n) is 1.24. The van der Waals surface area contributed by atoms with Crippen molar-refractivity contribution in [2.75, 3.05) is 6.54 Å². The van der Waals surface area contributed by atoms with E-state index in [1.165, 1.54) is 6.20 Å². The van der Waals surface area contributed by atoms with Gasteiger partial charge in [-0.1, -0.05) is 12.2 Å². The van der Waals surface area contributed by atoms with Crippen molar-refractivity contribution in [1.82, 2.24) is 4.98 Å². The number of nitrogens with zero attached hydrogens (tertiary/aromatic N) is 1. The van der Waals surface area contributed by atoms with Gasteiger partial charge in [-0.25, -0.2) is 4.39 Å². The zero-order valence-corrected chi connectivity index (χ0v) is 6.00. The Kier molecular flexibility index (Phi) is 2.74. The van der Waals surface area contributed by atoms with Crippen LogP contribution in [0.15, 0.2) is 24.5 Å². The van der Waals surface area contributed by atoms with Gasteiger partial charge in [-0.15, -0.1) is 0 Å². The van der Waals surface area contributed by atoms with Crippen LogP contribution in [-0.4, -0.2) is 11.5 Å². The van der Waals surface area contributed by atoms with Crippen molar-refractivity contribution in [2.24, 2.45) is 5.73 Å². The minimum Gasteiger partial charge on any atom is -0.327 e. The van der Waals surface area contributed by atoms with Crippen LogP contribution in [0.3, 0.4) is 0 Å². The van der Waals surface area contributed by atoms with Crippen molar-refractivity contribution < 1.29 is 4.39 Å². The normalized spacial score (nSPS) is 10.7. The third kappa shape index (κ3) is 2.13. The monoisotopic (exact) mass is 152 g/mol. The number of hydrogen-bond acceptors (Lipinski definition) is 2. The van der Waals surface area contributed by atoms with E-state index in [4.69, 9.17) is 5.73 Å². The first-order chi connectivity index (χ1) is 5.34. The Labute approximate surface area is 64.6 Å². The Morgan fingerprint density at radius 1 is 1.64 bits per heavy atom. The largest absolute Gasteiger partial charge is 0.327 e. The van der Waals surface area contributed by atoms with E-state index in [9.17, 15) is 4.39 Å². The van der Waals surface area contributed by atoms with Gasteiger partial charge >= 0.3 is 0 Å². The van der Waals surface area contributed by atoms with E-state index in [0.717, 1.165) is 0 Å². The lowest BCUT2D eigenvalue weighted by Crippen LogP contribution is -1.92. The summed E-state index contributed by atoms with van der Waals surface area (Å²) in [6.07, 6.45) is 6.05. The highest BCUT2D eigenvalue weighted by molar-refractivity contribution is 5.48. The molecular formula is C8H9FN2. The molecule has 3 heteroatoms. The maximum atomic E-state index is 12.8. The highest BCUT2D eigenvalue weighted by atomic mass is 19.1. The van der Waals surface area contributed by atoms with Crippen molar-refractivity contribution in [1.29, 1.82) is 0 Å². The zero-order valence-electron chi connectivity index (χ0n) is 6.00. The van der Waals surface area contributed by atoms with Crippen LogP contribution in [0, 0.1) is 5.82 Å². The number of aromatic nitrogens is 1. The van der Waals surface area contributed by atoms with Gasteiger partial charge in [0.05, 0.1) is 6.20 Å². The molecule has 1 aromatic rings. The van der Waals surface area contributed by atoms with Gasteiger partial charge in [0.2, 0.25) is 0 Å². The van der Waals surface area contributed by atoms with E-state index in [1.807, 2.05) is 0 Å². The molecule has 0 aliphatic rings. The topological polar surface area (TPSA) is 38.9 Å². The number of hydrogen-bond donors (Lipinski definition) is 1. The predicted octanol–water partition coefficient (Wildman–Crippen LogP) is 1.19. The van der Waals surface area contributed by atoms with Crippen molar-refractivity contribution in [3.63, 3.8) is 0 Å². The van der Waals surface area contributed by atoms with E-state index in [0.29, 0.717) is 12.1 Å². The molecule has 0 unspecified atom stereocenters. The predicted molar refractivity (Wildman–Crippen MR) is 42.3 cm³/mol. The fourth-order valence-corrected chi connectivity index (χ4v) is 0.716. The Morgan fingerprint density at radius 3 is 3.09 bits per heavy atom. The van der Waals surface area contributed by atoms with Crippen LogP contribution in [-0.2, 0) is 0 Å². The molecule has 0 aromatic carbocycles. The Balaban J connectivity index is 2.86. The fraction of sp³-hybridized carbons (Fsp3) is 0.125. The number of pyridine rings is 1. The van der Waals surface area contributed by atoms with E-state index in [2.05, 4.69) is 4.98 Å². The molecule has 0 aliphatic heterocycles. The SMILES string of the molecule is NCC=Cc1ccncc1F. The molecule has 0 radical (unpaired) electrons. The highest BCUT2D eigenvalue weighted by Gasteiger charge is 1.94. The van der Waals surface area contributed by atoms with E-state index in [-0.39, 0.29) is 5.82 Å². The molecule has 1 aromatic heterocycles. The summed E-state index contributed by atoms with van der Waals surface area (Å²) < 4.78 is 12.8. The molecule has 0 amide bonds.